The van der Waals surface area contributed by atoms with Crippen molar-refractivity contribution in [3.05, 3.63) is 54.8 Å². The van der Waals surface area contributed by atoms with Crippen LogP contribution in [0.5, 0.6) is 0 Å². The summed E-state index contributed by atoms with van der Waals surface area (Å²) >= 11 is 0. The van der Waals surface area contributed by atoms with Crippen molar-refractivity contribution in [1.29, 1.82) is 0 Å². The highest BCUT2D eigenvalue weighted by atomic mass is 16.4. The number of benzene rings is 1. The lowest BCUT2D eigenvalue weighted by Gasteiger charge is -2.05. The Balaban J connectivity index is 1.56. The number of hydrogen-bond donors (Lipinski definition) is 1. The Morgan fingerprint density at radius 3 is 2.67 bits per heavy atom. The van der Waals surface area contributed by atoms with Gasteiger partial charge >= 0.3 is 0 Å². The van der Waals surface area contributed by atoms with Gasteiger partial charge < -0.3 is 14.2 Å². The summed E-state index contributed by atoms with van der Waals surface area (Å²) in [7, 11) is 0. The summed E-state index contributed by atoms with van der Waals surface area (Å²) in [4.78, 5) is 11.8. The molecule has 0 saturated heterocycles. The molecule has 0 aliphatic rings. The second-order valence-electron chi connectivity index (χ2n) is 4.45. The highest BCUT2D eigenvalue weighted by Gasteiger charge is 2.06. The van der Waals surface area contributed by atoms with Crippen LogP contribution in [-0.2, 0) is 11.2 Å². The van der Waals surface area contributed by atoms with Crippen LogP contribution in [0, 0.1) is 0 Å². The quantitative estimate of drug-likeness (QED) is 0.778. The Morgan fingerprint density at radius 1 is 1.14 bits per heavy atom. The van der Waals surface area contributed by atoms with Crippen LogP contribution in [0.1, 0.15) is 12.2 Å². The number of furan rings is 1. The van der Waals surface area contributed by atoms with Gasteiger partial charge in [0.15, 0.2) is 0 Å². The second-order valence-corrected chi connectivity index (χ2v) is 4.45. The largest absolute Gasteiger partial charge is 0.469 e. The number of amides is 1. The Hall–Kier alpha value is -2.89. The highest BCUT2D eigenvalue weighted by molar-refractivity contribution is 5.91. The third kappa shape index (κ3) is 3.36. The monoisotopic (exact) mass is 283 g/mol. The summed E-state index contributed by atoms with van der Waals surface area (Å²) in [6.45, 7) is 0. The van der Waals surface area contributed by atoms with Gasteiger partial charge in [-0.25, -0.2) is 0 Å². The minimum Gasteiger partial charge on any atom is -0.469 e. The first-order chi connectivity index (χ1) is 10.3. The summed E-state index contributed by atoms with van der Waals surface area (Å²) < 4.78 is 10.3. The van der Waals surface area contributed by atoms with Crippen molar-refractivity contribution >= 4 is 11.6 Å². The fraction of sp³-hybridized carbons (Fsp3) is 0.133. The fourth-order valence-electron chi connectivity index (χ4n) is 1.91. The van der Waals surface area contributed by atoms with E-state index in [4.69, 9.17) is 8.83 Å². The van der Waals surface area contributed by atoms with Gasteiger partial charge in [-0.15, -0.1) is 10.2 Å². The van der Waals surface area contributed by atoms with Crippen LogP contribution in [0.2, 0.25) is 0 Å². The molecule has 2 aromatic heterocycles. The summed E-state index contributed by atoms with van der Waals surface area (Å²) in [6, 6.07) is 10.9. The van der Waals surface area contributed by atoms with Crippen LogP contribution < -0.4 is 5.32 Å². The molecule has 0 fully saturated rings. The number of nitrogens with one attached hydrogen (secondary N) is 1. The minimum atomic E-state index is -0.0584. The standard InChI is InChI=1S/C15H13N3O3/c19-14(8-7-13-2-1-9-20-13)17-12-5-3-11(4-6-12)15-18-16-10-21-15/h1-6,9-10H,7-8H2,(H,17,19). The molecule has 1 aromatic carbocycles. The Morgan fingerprint density at radius 2 is 2.00 bits per heavy atom. The van der Waals surface area contributed by atoms with Crippen LogP contribution in [0.3, 0.4) is 0 Å². The molecule has 2 heterocycles. The lowest BCUT2D eigenvalue weighted by molar-refractivity contribution is -0.116. The zero-order valence-corrected chi connectivity index (χ0v) is 11.2. The molecule has 0 atom stereocenters. The van der Waals surface area contributed by atoms with Crippen molar-refractivity contribution < 1.29 is 13.6 Å². The number of rotatable bonds is 5. The Bertz CT molecular complexity index is 688. The minimum absolute atomic E-state index is 0.0584. The van der Waals surface area contributed by atoms with Crippen molar-refractivity contribution in [1.82, 2.24) is 10.2 Å². The Kier molecular flexibility index (Phi) is 3.77. The molecule has 0 unspecified atom stereocenters. The molecule has 0 saturated carbocycles. The van der Waals surface area contributed by atoms with Crippen LogP contribution in [-0.4, -0.2) is 16.1 Å². The van der Waals surface area contributed by atoms with Crippen LogP contribution in [0.4, 0.5) is 5.69 Å². The van der Waals surface area contributed by atoms with Crippen molar-refractivity contribution in [2.45, 2.75) is 12.8 Å². The molecular weight excluding hydrogens is 270 g/mol. The third-order valence-electron chi connectivity index (χ3n) is 2.95. The van der Waals surface area contributed by atoms with E-state index in [1.54, 1.807) is 18.4 Å². The first-order valence-corrected chi connectivity index (χ1v) is 6.50. The maximum Gasteiger partial charge on any atom is 0.247 e. The average Bonchev–Trinajstić information content (AvgIpc) is 3.19. The summed E-state index contributed by atoms with van der Waals surface area (Å²) in [6.07, 6.45) is 3.83. The lowest BCUT2D eigenvalue weighted by Crippen LogP contribution is -2.12. The van der Waals surface area contributed by atoms with Gasteiger partial charge in [0.25, 0.3) is 0 Å². The summed E-state index contributed by atoms with van der Waals surface area (Å²) in [5.74, 6) is 1.19. The molecule has 0 bridgehead atoms. The van der Waals surface area contributed by atoms with Gasteiger partial charge in [-0.3, -0.25) is 4.79 Å². The zero-order chi connectivity index (χ0) is 14.5. The molecule has 6 nitrogen and oxygen atoms in total. The molecule has 0 aliphatic heterocycles. The van der Waals surface area contributed by atoms with Crippen molar-refractivity contribution in [3.63, 3.8) is 0 Å². The predicted octanol–water partition coefficient (Wildman–Crippen LogP) is 2.90. The smallest absolute Gasteiger partial charge is 0.247 e. The molecule has 3 aromatic rings. The number of carbonyl (C=O) groups is 1. The van der Waals surface area contributed by atoms with Gasteiger partial charge in [0.1, 0.15) is 5.76 Å². The van der Waals surface area contributed by atoms with E-state index in [1.165, 1.54) is 6.39 Å². The number of nitrogens with zero attached hydrogens (tertiary/aromatic N) is 2. The van der Waals surface area contributed by atoms with E-state index in [-0.39, 0.29) is 5.91 Å². The van der Waals surface area contributed by atoms with E-state index >= 15 is 0 Å². The fourth-order valence-corrected chi connectivity index (χ4v) is 1.91. The van der Waals surface area contributed by atoms with E-state index in [9.17, 15) is 4.79 Å². The second kappa shape index (κ2) is 6.04. The average molecular weight is 283 g/mol. The number of anilines is 1. The molecular formula is C15H13N3O3. The van der Waals surface area contributed by atoms with Gasteiger partial charge in [0.2, 0.25) is 18.2 Å². The van der Waals surface area contributed by atoms with Gasteiger partial charge in [-0.05, 0) is 36.4 Å². The third-order valence-corrected chi connectivity index (χ3v) is 2.95. The molecule has 0 radical (unpaired) electrons. The maximum absolute atomic E-state index is 11.8. The SMILES string of the molecule is O=C(CCc1ccco1)Nc1ccc(-c2nnco2)cc1. The van der Waals surface area contributed by atoms with Crippen LogP contribution in [0.15, 0.2) is 57.9 Å². The van der Waals surface area contributed by atoms with Crippen LogP contribution >= 0.6 is 0 Å². The van der Waals surface area contributed by atoms with Gasteiger partial charge in [0.05, 0.1) is 6.26 Å². The maximum atomic E-state index is 11.8. The van der Waals surface area contributed by atoms with Crippen molar-refractivity contribution in [3.8, 4) is 11.5 Å². The molecule has 21 heavy (non-hydrogen) atoms. The first-order valence-electron chi connectivity index (χ1n) is 6.50. The number of hydrogen-bond acceptors (Lipinski definition) is 5. The predicted molar refractivity (Wildman–Crippen MR) is 75.4 cm³/mol. The van der Waals surface area contributed by atoms with Gasteiger partial charge in [-0.1, -0.05) is 0 Å². The molecule has 3 rings (SSSR count). The van der Waals surface area contributed by atoms with Crippen LogP contribution in [0.25, 0.3) is 11.5 Å². The number of carbonyl (C=O) groups excluding carboxylic acids is 1. The Labute approximate surface area is 120 Å². The van der Waals surface area contributed by atoms with E-state index in [0.717, 1.165) is 17.0 Å². The van der Waals surface area contributed by atoms with E-state index in [1.807, 2.05) is 24.3 Å². The van der Waals surface area contributed by atoms with Crippen molar-refractivity contribution in [2.75, 3.05) is 5.32 Å². The summed E-state index contributed by atoms with van der Waals surface area (Å²) in [5, 5.41) is 10.3. The molecule has 0 spiro atoms. The topological polar surface area (TPSA) is 81.2 Å². The molecule has 6 heteroatoms. The van der Waals surface area contributed by atoms with Gasteiger partial charge in [-0.2, -0.15) is 0 Å². The number of aryl methyl sites for hydroxylation is 1. The van der Waals surface area contributed by atoms with E-state index in [0.29, 0.717) is 18.7 Å². The van der Waals surface area contributed by atoms with E-state index in [2.05, 4.69) is 15.5 Å². The lowest BCUT2D eigenvalue weighted by atomic mass is 10.2. The van der Waals surface area contributed by atoms with Crippen molar-refractivity contribution in [2.24, 2.45) is 0 Å². The molecule has 1 amide bonds. The normalized spacial score (nSPS) is 10.5. The summed E-state index contributed by atoms with van der Waals surface area (Å²) in [5.41, 5.74) is 1.53. The van der Waals surface area contributed by atoms with E-state index < -0.39 is 0 Å². The molecule has 1 N–H and O–H groups in total. The molecule has 0 aliphatic carbocycles. The van der Waals surface area contributed by atoms with Gasteiger partial charge in [0, 0.05) is 24.1 Å². The molecule has 106 valence electrons. The highest BCUT2D eigenvalue weighted by Crippen LogP contribution is 2.19. The first kappa shape index (κ1) is 13.1. The zero-order valence-electron chi connectivity index (χ0n) is 11.2. The number of aromatic nitrogens is 2.